The second kappa shape index (κ2) is 8.02. The molecule has 2 aromatic carbocycles. The van der Waals surface area contributed by atoms with Crippen LogP contribution in [0.4, 0.5) is 5.69 Å². The van der Waals surface area contributed by atoms with Gasteiger partial charge >= 0.3 is 0 Å². The lowest BCUT2D eigenvalue weighted by molar-refractivity contribution is -0.121. The van der Waals surface area contributed by atoms with Gasteiger partial charge in [-0.1, -0.05) is 30.3 Å². The van der Waals surface area contributed by atoms with E-state index in [0.29, 0.717) is 23.5 Å². The van der Waals surface area contributed by atoms with Crippen molar-refractivity contribution in [3.05, 3.63) is 53.6 Å². The van der Waals surface area contributed by atoms with Crippen molar-refractivity contribution in [2.24, 2.45) is 0 Å². The highest BCUT2D eigenvalue weighted by atomic mass is 32.2. The number of sulfone groups is 1. The van der Waals surface area contributed by atoms with Crippen LogP contribution in [0.3, 0.4) is 0 Å². The van der Waals surface area contributed by atoms with Crippen molar-refractivity contribution >= 4 is 27.3 Å². The molecule has 2 N–H and O–H groups in total. The fourth-order valence-corrected chi connectivity index (χ4v) is 4.56. The van der Waals surface area contributed by atoms with Crippen molar-refractivity contribution in [1.82, 2.24) is 5.32 Å². The van der Waals surface area contributed by atoms with E-state index < -0.39 is 15.1 Å². The zero-order valence-corrected chi connectivity index (χ0v) is 16.5. The van der Waals surface area contributed by atoms with Crippen LogP contribution in [-0.4, -0.2) is 32.1 Å². The zero-order chi connectivity index (χ0) is 20.3. The van der Waals surface area contributed by atoms with E-state index in [1.165, 1.54) is 13.0 Å². The molecule has 1 unspecified atom stereocenters. The second-order valence-corrected chi connectivity index (χ2v) is 9.11. The van der Waals surface area contributed by atoms with Gasteiger partial charge in [0, 0.05) is 19.0 Å². The molecule has 0 aromatic heterocycles. The van der Waals surface area contributed by atoms with Gasteiger partial charge < -0.3 is 15.4 Å². The van der Waals surface area contributed by atoms with Crippen LogP contribution in [0.2, 0.25) is 0 Å². The number of aryl methyl sites for hydroxylation is 1. The summed E-state index contributed by atoms with van der Waals surface area (Å²) in [6.45, 7) is 3.35. The Labute approximate surface area is 164 Å². The minimum Gasteiger partial charge on any atom is -0.482 e. The van der Waals surface area contributed by atoms with E-state index in [-0.39, 0.29) is 29.7 Å². The molecule has 7 nitrogen and oxygen atoms in total. The summed E-state index contributed by atoms with van der Waals surface area (Å²) in [6.07, 6.45) is -0.150. The maximum absolute atomic E-state index is 13.0. The van der Waals surface area contributed by atoms with Gasteiger partial charge in [0.05, 0.1) is 15.8 Å². The van der Waals surface area contributed by atoms with Gasteiger partial charge in [0.15, 0.2) is 16.4 Å². The lowest BCUT2D eigenvalue weighted by Gasteiger charge is -2.21. The predicted octanol–water partition coefficient (Wildman–Crippen LogP) is 2.19. The van der Waals surface area contributed by atoms with Gasteiger partial charge in [0.1, 0.15) is 5.75 Å². The third kappa shape index (κ3) is 4.33. The number of fused-ring (bicyclic) bond motifs is 1. The van der Waals surface area contributed by atoms with Gasteiger partial charge in [-0.25, -0.2) is 8.42 Å². The molecular formula is C20H22N2O5S. The minimum absolute atomic E-state index is 0.103. The Balaban J connectivity index is 1.71. The highest BCUT2D eigenvalue weighted by Crippen LogP contribution is 2.34. The summed E-state index contributed by atoms with van der Waals surface area (Å²) in [4.78, 5) is 23.7. The lowest BCUT2D eigenvalue weighted by atomic mass is 10.2. The van der Waals surface area contributed by atoms with Crippen LogP contribution in [0, 0.1) is 6.92 Å². The average molecular weight is 402 g/mol. The largest absolute Gasteiger partial charge is 0.482 e. The standard InChI is InChI=1S/C20H22N2O5S/c1-13-8-16-17(27-12-20(24)22-16)10-18(13)28(25,26)14(2)9-19(23)21-11-15-6-4-3-5-7-15/h3-8,10,14H,9,11-12H2,1-2H3,(H,21,23)(H,22,24). The molecule has 0 saturated carbocycles. The van der Waals surface area contributed by atoms with Gasteiger partial charge in [-0.3, -0.25) is 9.59 Å². The molecule has 0 fully saturated rings. The molecule has 0 spiro atoms. The van der Waals surface area contributed by atoms with Crippen molar-refractivity contribution in [2.75, 3.05) is 11.9 Å². The van der Waals surface area contributed by atoms with Crippen LogP contribution in [0.5, 0.6) is 5.75 Å². The Morgan fingerprint density at radius 2 is 1.96 bits per heavy atom. The normalized spacial score (nSPS) is 14.4. The Bertz CT molecular complexity index is 1000. The molecule has 2 aromatic rings. The molecule has 8 heteroatoms. The molecule has 2 amide bonds. The van der Waals surface area contributed by atoms with Gasteiger partial charge in [-0.2, -0.15) is 0 Å². The van der Waals surface area contributed by atoms with Gasteiger partial charge in [0.2, 0.25) is 5.91 Å². The van der Waals surface area contributed by atoms with Crippen molar-refractivity contribution < 1.29 is 22.7 Å². The quantitative estimate of drug-likeness (QED) is 0.771. The number of benzene rings is 2. The van der Waals surface area contributed by atoms with Crippen LogP contribution in [0.15, 0.2) is 47.4 Å². The van der Waals surface area contributed by atoms with Crippen LogP contribution in [0.1, 0.15) is 24.5 Å². The Morgan fingerprint density at radius 1 is 1.25 bits per heavy atom. The van der Waals surface area contributed by atoms with E-state index in [4.69, 9.17) is 4.74 Å². The van der Waals surface area contributed by atoms with Gasteiger partial charge in [-0.05, 0) is 31.0 Å². The minimum atomic E-state index is -3.75. The lowest BCUT2D eigenvalue weighted by Crippen LogP contribution is -2.30. The topological polar surface area (TPSA) is 102 Å². The van der Waals surface area contributed by atoms with Crippen molar-refractivity contribution in [2.45, 2.75) is 37.0 Å². The SMILES string of the molecule is Cc1cc2c(cc1S(=O)(=O)C(C)CC(=O)NCc1ccccc1)OCC(=O)N2. The van der Waals surface area contributed by atoms with E-state index >= 15 is 0 Å². The summed E-state index contributed by atoms with van der Waals surface area (Å²) in [7, 11) is -3.75. The fraction of sp³-hybridized carbons (Fsp3) is 0.300. The highest BCUT2D eigenvalue weighted by Gasteiger charge is 2.29. The number of rotatable bonds is 6. The van der Waals surface area contributed by atoms with Crippen LogP contribution >= 0.6 is 0 Å². The molecule has 1 heterocycles. The second-order valence-electron chi connectivity index (χ2n) is 6.77. The molecule has 1 atom stereocenters. The van der Waals surface area contributed by atoms with Crippen LogP contribution in [-0.2, 0) is 26.0 Å². The van der Waals surface area contributed by atoms with Gasteiger partial charge in [-0.15, -0.1) is 0 Å². The number of anilines is 1. The first-order valence-corrected chi connectivity index (χ1v) is 10.4. The van der Waals surface area contributed by atoms with E-state index in [1.807, 2.05) is 30.3 Å². The predicted molar refractivity (Wildman–Crippen MR) is 105 cm³/mol. The first-order chi connectivity index (χ1) is 13.3. The van der Waals surface area contributed by atoms with Gasteiger partial charge in [0.25, 0.3) is 5.91 Å². The molecule has 0 bridgehead atoms. The Kier molecular flexibility index (Phi) is 5.69. The summed E-state index contributed by atoms with van der Waals surface area (Å²) >= 11 is 0. The number of hydrogen-bond donors (Lipinski definition) is 2. The number of ether oxygens (including phenoxy) is 1. The maximum atomic E-state index is 13.0. The van der Waals surface area contributed by atoms with Crippen molar-refractivity contribution in [3.63, 3.8) is 0 Å². The fourth-order valence-electron chi connectivity index (χ4n) is 2.98. The Morgan fingerprint density at radius 3 is 2.68 bits per heavy atom. The summed E-state index contributed by atoms with van der Waals surface area (Å²) in [5, 5.41) is 4.49. The van der Waals surface area contributed by atoms with Crippen molar-refractivity contribution in [3.8, 4) is 5.75 Å². The molecule has 3 rings (SSSR count). The zero-order valence-electron chi connectivity index (χ0n) is 15.7. The average Bonchev–Trinajstić information content (AvgIpc) is 2.66. The van der Waals surface area contributed by atoms with Crippen molar-refractivity contribution in [1.29, 1.82) is 0 Å². The molecule has 148 valence electrons. The number of carbonyl (C=O) groups is 2. The summed E-state index contributed by atoms with van der Waals surface area (Å²) in [5.41, 5.74) is 1.87. The number of hydrogen-bond acceptors (Lipinski definition) is 5. The first kappa shape index (κ1) is 19.9. The molecule has 0 radical (unpaired) electrons. The highest BCUT2D eigenvalue weighted by molar-refractivity contribution is 7.92. The van der Waals surface area contributed by atoms with E-state index in [2.05, 4.69) is 10.6 Å². The molecule has 28 heavy (non-hydrogen) atoms. The monoisotopic (exact) mass is 402 g/mol. The first-order valence-electron chi connectivity index (χ1n) is 8.89. The Hall–Kier alpha value is -2.87. The molecule has 0 aliphatic carbocycles. The van der Waals surface area contributed by atoms with E-state index in [9.17, 15) is 18.0 Å². The number of amides is 2. The van der Waals surface area contributed by atoms with E-state index in [0.717, 1.165) is 5.56 Å². The molecular weight excluding hydrogens is 380 g/mol. The third-order valence-corrected chi connectivity index (χ3v) is 6.83. The number of carbonyl (C=O) groups excluding carboxylic acids is 2. The molecule has 1 aliphatic rings. The van der Waals surface area contributed by atoms with E-state index in [1.54, 1.807) is 13.0 Å². The smallest absolute Gasteiger partial charge is 0.262 e. The van der Waals surface area contributed by atoms with Crippen LogP contribution < -0.4 is 15.4 Å². The van der Waals surface area contributed by atoms with Crippen LogP contribution in [0.25, 0.3) is 0 Å². The maximum Gasteiger partial charge on any atom is 0.262 e. The summed E-state index contributed by atoms with van der Waals surface area (Å²) < 4.78 is 31.3. The summed E-state index contributed by atoms with van der Waals surface area (Å²) in [6, 6.07) is 12.4. The summed E-state index contributed by atoms with van der Waals surface area (Å²) in [5.74, 6) is -0.311. The third-order valence-electron chi connectivity index (χ3n) is 4.55. The molecule has 1 aliphatic heterocycles. The molecule has 0 saturated heterocycles. The number of nitrogens with one attached hydrogen (secondary N) is 2.